The maximum atomic E-state index is 11.0. The van der Waals surface area contributed by atoms with Crippen molar-refractivity contribution in [2.45, 2.75) is 39.2 Å². The predicted octanol–water partition coefficient (Wildman–Crippen LogP) is 0.698. The van der Waals surface area contributed by atoms with Crippen molar-refractivity contribution in [2.75, 3.05) is 19.6 Å². The minimum absolute atomic E-state index is 0.291. The van der Waals surface area contributed by atoms with Crippen LogP contribution in [0.5, 0.6) is 0 Å². The van der Waals surface area contributed by atoms with Crippen LogP contribution in [0.3, 0.4) is 0 Å². The Morgan fingerprint density at radius 3 is 2.53 bits per heavy atom. The number of nitrogens with one attached hydrogen (secondary N) is 1. The molecule has 0 saturated heterocycles. The third-order valence-corrected chi connectivity index (χ3v) is 2.87. The van der Waals surface area contributed by atoms with E-state index in [4.69, 9.17) is 5.11 Å². The van der Waals surface area contributed by atoms with Crippen molar-refractivity contribution in [3.63, 3.8) is 0 Å². The molecule has 1 rings (SSSR count). The van der Waals surface area contributed by atoms with Crippen LogP contribution < -0.4 is 5.32 Å². The Bertz CT molecular complexity index is 277. The van der Waals surface area contributed by atoms with Crippen LogP contribution in [0.1, 0.15) is 33.1 Å². The normalized spacial score (nSPS) is 16.9. The molecule has 5 heteroatoms. The van der Waals surface area contributed by atoms with Crippen molar-refractivity contribution >= 4 is 11.9 Å². The number of carboxylic acid groups (broad SMARTS) is 1. The summed E-state index contributed by atoms with van der Waals surface area (Å²) in [5, 5.41) is 11.5. The molecular weight excluding hydrogens is 220 g/mol. The Hall–Kier alpha value is -1.10. The first kappa shape index (κ1) is 14.0. The van der Waals surface area contributed by atoms with E-state index in [0.717, 1.165) is 25.4 Å². The number of aliphatic carboxylic acids is 1. The zero-order chi connectivity index (χ0) is 12.8. The molecule has 1 aliphatic carbocycles. The molecule has 0 radical (unpaired) electrons. The van der Waals surface area contributed by atoms with Gasteiger partial charge in [-0.3, -0.25) is 4.79 Å². The number of carbonyl (C=O) groups excluding carboxylic acids is 1. The molecule has 2 N–H and O–H groups in total. The van der Waals surface area contributed by atoms with Gasteiger partial charge in [-0.2, -0.15) is 0 Å². The first-order chi connectivity index (χ1) is 8.02. The molecule has 0 aromatic rings. The molecule has 1 saturated carbocycles. The third-order valence-electron chi connectivity index (χ3n) is 2.87. The first-order valence-electron chi connectivity index (χ1n) is 6.25. The molecule has 0 bridgehead atoms. The van der Waals surface area contributed by atoms with Gasteiger partial charge in [0.15, 0.2) is 0 Å². The lowest BCUT2D eigenvalue weighted by molar-refractivity contribution is -0.142. The van der Waals surface area contributed by atoms with Gasteiger partial charge in [0.2, 0.25) is 5.91 Å². The van der Waals surface area contributed by atoms with E-state index in [-0.39, 0.29) is 5.91 Å². The van der Waals surface area contributed by atoms with Crippen LogP contribution in [0.15, 0.2) is 0 Å². The van der Waals surface area contributed by atoms with Crippen LogP contribution in [0.2, 0.25) is 0 Å². The van der Waals surface area contributed by atoms with Crippen LogP contribution >= 0.6 is 0 Å². The number of carboxylic acids is 1. The van der Waals surface area contributed by atoms with Crippen LogP contribution in [0.25, 0.3) is 0 Å². The van der Waals surface area contributed by atoms with Gasteiger partial charge in [0.1, 0.15) is 6.04 Å². The fourth-order valence-electron chi connectivity index (χ4n) is 1.93. The monoisotopic (exact) mass is 242 g/mol. The molecule has 0 aromatic heterocycles. The number of hydrogen-bond donors (Lipinski definition) is 2. The Labute approximate surface area is 102 Å². The molecule has 1 fully saturated rings. The average Bonchev–Trinajstić information content (AvgIpc) is 3.00. The molecule has 1 atom stereocenters. The summed E-state index contributed by atoms with van der Waals surface area (Å²) in [5.74, 6) is -0.523. The van der Waals surface area contributed by atoms with Crippen molar-refractivity contribution in [2.24, 2.45) is 5.92 Å². The van der Waals surface area contributed by atoms with Gasteiger partial charge in [-0.25, -0.2) is 4.79 Å². The Kier molecular flexibility index (Phi) is 5.41. The summed E-state index contributed by atoms with van der Waals surface area (Å²) in [7, 11) is 0. The summed E-state index contributed by atoms with van der Waals surface area (Å²) < 4.78 is 0. The average molecular weight is 242 g/mol. The van der Waals surface area contributed by atoms with Crippen LogP contribution in [0, 0.1) is 5.92 Å². The van der Waals surface area contributed by atoms with Crippen molar-refractivity contribution < 1.29 is 14.7 Å². The van der Waals surface area contributed by atoms with Crippen molar-refractivity contribution in [3.8, 4) is 0 Å². The van der Waals surface area contributed by atoms with E-state index in [2.05, 4.69) is 17.1 Å². The fourth-order valence-corrected chi connectivity index (χ4v) is 1.93. The van der Waals surface area contributed by atoms with E-state index in [0.29, 0.717) is 6.54 Å². The molecule has 1 amide bonds. The van der Waals surface area contributed by atoms with Crippen molar-refractivity contribution in [1.82, 2.24) is 10.2 Å². The maximum Gasteiger partial charge on any atom is 0.327 e. The second kappa shape index (κ2) is 6.59. The summed E-state index contributed by atoms with van der Waals surface area (Å²) in [6, 6.07) is -0.794. The maximum absolute atomic E-state index is 11.0. The molecule has 0 spiro atoms. The SMILES string of the molecule is CCCN(CC1CC1)CC(NC(C)=O)C(=O)O. The highest BCUT2D eigenvalue weighted by Gasteiger charge is 2.27. The second-order valence-corrected chi connectivity index (χ2v) is 4.79. The lowest BCUT2D eigenvalue weighted by Gasteiger charge is -2.25. The number of hydrogen-bond acceptors (Lipinski definition) is 3. The molecular formula is C12H22N2O3. The summed E-state index contributed by atoms with van der Waals surface area (Å²) >= 11 is 0. The number of amides is 1. The molecule has 0 heterocycles. The van der Waals surface area contributed by atoms with E-state index in [1.807, 2.05) is 0 Å². The predicted molar refractivity (Wildman–Crippen MR) is 64.7 cm³/mol. The van der Waals surface area contributed by atoms with Crippen LogP contribution in [-0.4, -0.2) is 47.6 Å². The molecule has 5 nitrogen and oxygen atoms in total. The minimum Gasteiger partial charge on any atom is -0.480 e. The minimum atomic E-state index is -0.961. The largest absolute Gasteiger partial charge is 0.480 e. The molecule has 1 aliphatic rings. The van der Waals surface area contributed by atoms with Crippen molar-refractivity contribution in [1.29, 1.82) is 0 Å². The summed E-state index contributed by atoms with van der Waals surface area (Å²) in [6.45, 7) is 5.67. The topological polar surface area (TPSA) is 69.6 Å². The van der Waals surface area contributed by atoms with E-state index < -0.39 is 12.0 Å². The lowest BCUT2D eigenvalue weighted by Crippen LogP contribution is -2.48. The van der Waals surface area contributed by atoms with E-state index in [1.54, 1.807) is 0 Å². The van der Waals surface area contributed by atoms with Gasteiger partial charge < -0.3 is 15.3 Å². The Morgan fingerprint density at radius 1 is 1.47 bits per heavy atom. The second-order valence-electron chi connectivity index (χ2n) is 4.79. The molecule has 17 heavy (non-hydrogen) atoms. The zero-order valence-corrected chi connectivity index (χ0v) is 10.6. The highest BCUT2D eigenvalue weighted by molar-refractivity contribution is 5.82. The number of nitrogens with zero attached hydrogens (tertiary/aromatic N) is 1. The Balaban J connectivity index is 2.46. The molecule has 98 valence electrons. The van der Waals surface area contributed by atoms with Gasteiger partial charge >= 0.3 is 5.97 Å². The van der Waals surface area contributed by atoms with Crippen LogP contribution in [0.4, 0.5) is 0 Å². The van der Waals surface area contributed by atoms with Gasteiger partial charge in [0.05, 0.1) is 0 Å². The molecule has 0 aromatic carbocycles. The lowest BCUT2D eigenvalue weighted by atomic mass is 10.2. The molecule has 0 aliphatic heterocycles. The molecule has 1 unspecified atom stereocenters. The smallest absolute Gasteiger partial charge is 0.327 e. The zero-order valence-electron chi connectivity index (χ0n) is 10.6. The van der Waals surface area contributed by atoms with E-state index >= 15 is 0 Å². The number of rotatable bonds is 8. The van der Waals surface area contributed by atoms with Crippen LogP contribution in [-0.2, 0) is 9.59 Å². The summed E-state index contributed by atoms with van der Waals surface area (Å²) in [4.78, 5) is 24.1. The van der Waals surface area contributed by atoms with Gasteiger partial charge in [0, 0.05) is 20.0 Å². The summed E-state index contributed by atoms with van der Waals surface area (Å²) in [6.07, 6.45) is 3.50. The Morgan fingerprint density at radius 2 is 2.12 bits per heavy atom. The van der Waals surface area contributed by atoms with Gasteiger partial charge in [-0.05, 0) is 31.7 Å². The van der Waals surface area contributed by atoms with Gasteiger partial charge in [0.25, 0.3) is 0 Å². The van der Waals surface area contributed by atoms with E-state index in [9.17, 15) is 9.59 Å². The van der Waals surface area contributed by atoms with Gasteiger partial charge in [-0.1, -0.05) is 6.92 Å². The van der Waals surface area contributed by atoms with E-state index in [1.165, 1.54) is 19.8 Å². The summed E-state index contributed by atoms with van der Waals surface area (Å²) in [5.41, 5.74) is 0. The number of carbonyl (C=O) groups is 2. The first-order valence-corrected chi connectivity index (χ1v) is 6.25. The third kappa shape index (κ3) is 5.68. The highest BCUT2D eigenvalue weighted by Crippen LogP contribution is 2.29. The standard InChI is InChI=1S/C12H22N2O3/c1-3-6-14(7-10-4-5-10)8-11(12(16)17)13-9(2)15/h10-11H,3-8H2,1-2H3,(H,13,15)(H,16,17). The fraction of sp³-hybridized carbons (Fsp3) is 0.833. The van der Waals surface area contributed by atoms with Crippen molar-refractivity contribution in [3.05, 3.63) is 0 Å². The quantitative estimate of drug-likeness (QED) is 0.657. The van der Waals surface area contributed by atoms with Gasteiger partial charge in [-0.15, -0.1) is 0 Å². The highest BCUT2D eigenvalue weighted by atomic mass is 16.4.